The fourth-order valence-electron chi connectivity index (χ4n) is 3.58. The monoisotopic (exact) mass is 423 g/mol. The second-order valence-electron chi connectivity index (χ2n) is 7.98. The molecule has 2 aliphatic rings. The summed E-state index contributed by atoms with van der Waals surface area (Å²) in [4.78, 5) is 26.2. The number of carbonyl (C=O) groups is 2. The second kappa shape index (κ2) is 9.02. The van der Waals surface area contributed by atoms with Gasteiger partial charge in [-0.1, -0.05) is 12.1 Å². The molecule has 2 aliphatic heterocycles. The molecule has 160 valence electrons. The first-order chi connectivity index (χ1) is 13.7. The van der Waals surface area contributed by atoms with Crippen molar-refractivity contribution in [2.75, 3.05) is 24.7 Å². The minimum absolute atomic E-state index is 0.0310. The average molecular weight is 424 g/mol. The normalized spacial score (nSPS) is 20.5. The minimum atomic E-state index is -3.01. The number of amides is 3. The number of benzene rings is 1. The standard InChI is InChI=1S/C20H29N3O5S/c1-14(2)21-20(25)23-8-9-28-18-5-3-15(11-16(18)12-23)4-6-19(24)22-17-7-10-29(26,27)13-17/h3,5,11,14,17H,4,6-10,12-13H2,1-2H3,(H,21,25)(H,22,24). The van der Waals surface area contributed by atoms with E-state index in [0.717, 1.165) is 16.9 Å². The number of nitrogens with zero attached hydrogens (tertiary/aromatic N) is 1. The fraction of sp³-hybridized carbons (Fsp3) is 0.600. The van der Waals surface area contributed by atoms with Gasteiger partial charge in [-0.2, -0.15) is 0 Å². The van der Waals surface area contributed by atoms with Gasteiger partial charge in [0, 0.05) is 24.1 Å². The molecule has 9 heteroatoms. The van der Waals surface area contributed by atoms with Crippen LogP contribution in [0.4, 0.5) is 4.79 Å². The zero-order valence-corrected chi connectivity index (χ0v) is 17.8. The highest BCUT2D eigenvalue weighted by Gasteiger charge is 2.28. The van der Waals surface area contributed by atoms with Gasteiger partial charge in [-0.05, 0) is 38.3 Å². The number of carbonyl (C=O) groups excluding carboxylic acids is 2. The lowest BCUT2D eigenvalue weighted by Gasteiger charge is -2.22. The number of sulfone groups is 1. The molecular formula is C20H29N3O5S. The molecule has 0 bridgehead atoms. The lowest BCUT2D eigenvalue weighted by Crippen LogP contribution is -2.43. The van der Waals surface area contributed by atoms with Crippen LogP contribution >= 0.6 is 0 Å². The van der Waals surface area contributed by atoms with Crippen LogP contribution in [0.25, 0.3) is 0 Å². The van der Waals surface area contributed by atoms with Crippen LogP contribution in [-0.4, -0.2) is 62.0 Å². The Bertz CT molecular complexity index is 869. The van der Waals surface area contributed by atoms with Crippen molar-refractivity contribution in [3.63, 3.8) is 0 Å². The van der Waals surface area contributed by atoms with E-state index in [0.29, 0.717) is 32.5 Å². The molecule has 0 aromatic heterocycles. The summed E-state index contributed by atoms with van der Waals surface area (Å²) in [6, 6.07) is 5.45. The Labute approximate surface area is 171 Å². The molecule has 3 rings (SSSR count). The summed E-state index contributed by atoms with van der Waals surface area (Å²) in [5, 5.41) is 5.71. The SMILES string of the molecule is CC(C)NC(=O)N1CCOc2ccc(CCC(=O)NC3CCS(=O)(=O)C3)cc2C1. The molecule has 8 nitrogen and oxygen atoms in total. The number of nitrogens with one attached hydrogen (secondary N) is 2. The van der Waals surface area contributed by atoms with E-state index in [-0.39, 0.29) is 41.9 Å². The third-order valence-electron chi connectivity index (χ3n) is 5.04. The summed E-state index contributed by atoms with van der Waals surface area (Å²) in [5.74, 6) is 0.790. The zero-order valence-electron chi connectivity index (χ0n) is 16.9. The maximum absolute atomic E-state index is 12.3. The number of fused-ring (bicyclic) bond motifs is 1. The highest BCUT2D eigenvalue weighted by Crippen LogP contribution is 2.25. The fourth-order valence-corrected chi connectivity index (χ4v) is 5.25. The first kappa shape index (κ1) is 21.4. The number of aryl methyl sites for hydroxylation is 1. The van der Waals surface area contributed by atoms with Crippen molar-refractivity contribution in [3.8, 4) is 5.75 Å². The highest BCUT2D eigenvalue weighted by atomic mass is 32.2. The number of rotatable bonds is 5. The van der Waals surface area contributed by atoms with Gasteiger partial charge in [-0.3, -0.25) is 4.79 Å². The van der Waals surface area contributed by atoms with Gasteiger partial charge in [0.1, 0.15) is 12.4 Å². The van der Waals surface area contributed by atoms with Gasteiger partial charge in [-0.15, -0.1) is 0 Å². The number of hydrogen-bond acceptors (Lipinski definition) is 5. The molecule has 1 fully saturated rings. The van der Waals surface area contributed by atoms with Crippen LogP contribution in [0, 0.1) is 0 Å². The first-order valence-electron chi connectivity index (χ1n) is 10.0. The summed E-state index contributed by atoms with van der Waals surface area (Å²) in [7, 11) is -3.01. The largest absolute Gasteiger partial charge is 0.491 e. The van der Waals surface area contributed by atoms with Crippen LogP contribution in [0.2, 0.25) is 0 Å². The van der Waals surface area contributed by atoms with Crippen molar-refractivity contribution in [2.45, 2.75) is 51.7 Å². The van der Waals surface area contributed by atoms with Crippen molar-refractivity contribution in [2.24, 2.45) is 0 Å². The molecule has 2 N–H and O–H groups in total. The molecule has 1 aromatic carbocycles. The van der Waals surface area contributed by atoms with Gasteiger partial charge in [0.2, 0.25) is 5.91 Å². The molecule has 0 aliphatic carbocycles. The number of urea groups is 1. The third kappa shape index (κ3) is 6.09. The molecule has 3 amide bonds. The maximum Gasteiger partial charge on any atom is 0.318 e. The van der Waals surface area contributed by atoms with E-state index in [9.17, 15) is 18.0 Å². The quantitative estimate of drug-likeness (QED) is 0.741. The van der Waals surface area contributed by atoms with Crippen LogP contribution < -0.4 is 15.4 Å². The summed E-state index contributed by atoms with van der Waals surface area (Å²) < 4.78 is 28.8. The lowest BCUT2D eigenvalue weighted by atomic mass is 10.0. The lowest BCUT2D eigenvalue weighted by molar-refractivity contribution is -0.121. The molecule has 29 heavy (non-hydrogen) atoms. The summed E-state index contributed by atoms with van der Waals surface area (Å²) >= 11 is 0. The van der Waals surface area contributed by atoms with Crippen molar-refractivity contribution >= 4 is 21.8 Å². The smallest absolute Gasteiger partial charge is 0.318 e. The minimum Gasteiger partial charge on any atom is -0.491 e. The van der Waals surface area contributed by atoms with Gasteiger partial charge in [0.25, 0.3) is 0 Å². The Hall–Kier alpha value is -2.29. The number of hydrogen-bond donors (Lipinski definition) is 2. The van der Waals surface area contributed by atoms with Crippen molar-refractivity contribution in [1.82, 2.24) is 15.5 Å². The summed E-state index contributed by atoms with van der Waals surface area (Å²) in [6.07, 6.45) is 1.31. The molecule has 1 saturated heterocycles. The molecule has 1 aromatic rings. The molecule has 0 radical (unpaired) electrons. The number of ether oxygens (including phenoxy) is 1. The van der Waals surface area contributed by atoms with Gasteiger partial charge in [-0.25, -0.2) is 13.2 Å². The van der Waals surface area contributed by atoms with E-state index in [1.165, 1.54) is 0 Å². The van der Waals surface area contributed by atoms with Gasteiger partial charge >= 0.3 is 6.03 Å². The average Bonchev–Trinajstić information content (AvgIpc) is 2.86. The Kier molecular flexibility index (Phi) is 6.66. The Balaban J connectivity index is 1.57. The topological polar surface area (TPSA) is 105 Å². The van der Waals surface area contributed by atoms with Crippen LogP contribution in [-0.2, 0) is 27.6 Å². The van der Waals surface area contributed by atoms with E-state index < -0.39 is 9.84 Å². The van der Waals surface area contributed by atoms with Crippen molar-refractivity contribution in [1.29, 1.82) is 0 Å². The molecular weight excluding hydrogens is 394 g/mol. The van der Waals surface area contributed by atoms with Crippen molar-refractivity contribution in [3.05, 3.63) is 29.3 Å². The Morgan fingerprint density at radius 2 is 2.10 bits per heavy atom. The van der Waals surface area contributed by atoms with E-state index in [2.05, 4.69) is 10.6 Å². The molecule has 1 atom stereocenters. The van der Waals surface area contributed by atoms with E-state index in [4.69, 9.17) is 4.74 Å². The van der Waals surface area contributed by atoms with Gasteiger partial charge < -0.3 is 20.3 Å². The molecule has 2 heterocycles. The van der Waals surface area contributed by atoms with E-state index in [1.807, 2.05) is 32.0 Å². The highest BCUT2D eigenvalue weighted by molar-refractivity contribution is 7.91. The van der Waals surface area contributed by atoms with Crippen LogP contribution in [0.5, 0.6) is 5.75 Å². The Morgan fingerprint density at radius 1 is 1.31 bits per heavy atom. The summed E-state index contributed by atoms with van der Waals surface area (Å²) in [5.41, 5.74) is 1.90. The van der Waals surface area contributed by atoms with E-state index in [1.54, 1.807) is 4.90 Å². The Morgan fingerprint density at radius 3 is 2.79 bits per heavy atom. The predicted octanol–water partition coefficient (Wildman–Crippen LogP) is 1.23. The summed E-state index contributed by atoms with van der Waals surface area (Å²) in [6.45, 7) is 5.24. The van der Waals surface area contributed by atoms with E-state index >= 15 is 0 Å². The molecule has 0 saturated carbocycles. The predicted molar refractivity (Wildman–Crippen MR) is 110 cm³/mol. The molecule has 1 unspecified atom stereocenters. The molecule has 0 spiro atoms. The van der Waals surface area contributed by atoms with Crippen LogP contribution in [0.1, 0.15) is 37.8 Å². The maximum atomic E-state index is 12.3. The third-order valence-corrected chi connectivity index (χ3v) is 6.81. The van der Waals surface area contributed by atoms with Crippen LogP contribution in [0.3, 0.4) is 0 Å². The van der Waals surface area contributed by atoms with Crippen LogP contribution in [0.15, 0.2) is 18.2 Å². The second-order valence-corrected chi connectivity index (χ2v) is 10.2. The zero-order chi connectivity index (χ0) is 21.0. The first-order valence-corrected chi connectivity index (χ1v) is 11.8. The van der Waals surface area contributed by atoms with Gasteiger partial charge in [0.15, 0.2) is 9.84 Å². The van der Waals surface area contributed by atoms with Gasteiger partial charge in [0.05, 0.1) is 24.6 Å². The van der Waals surface area contributed by atoms with Crippen molar-refractivity contribution < 1.29 is 22.7 Å².